The van der Waals surface area contributed by atoms with Gasteiger partial charge in [0.1, 0.15) is 0 Å². The third kappa shape index (κ3) is 3.46. The van der Waals surface area contributed by atoms with Gasteiger partial charge in [0.05, 0.1) is 5.41 Å². The molecule has 94 valence electrons. The molecular formula is C12H24N2O2. The second kappa shape index (κ2) is 6.86. The number of carbonyl (C=O) groups is 1. The van der Waals surface area contributed by atoms with Crippen molar-refractivity contribution in [2.24, 2.45) is 11.1 Å². The molecule has 0 radical (unpaired) electrons. The Morgan fingerprint density at radius 2 is 1.94 bits per heavy atom. The second-order valence-electron chi connectivity index (χ2n) is 4.73. The van der Waals surface area contributed by atoms with Gasteiger partial charge in [0.15, 0.2) is 0 Å². The maximum Gasteiger partial charge on any atom is 0.227 e. The quantitative estimate of drug-likeness (QED) is 0.537. The van der Waals surface area contributed by atoms with Gasteiger partial charge in [-0.15, -0.1) is 0 Å². The van der Waals surface area contributed by atoms with Gasteiger partial charge >= 0.3 is 0 Å². The van der Waals surface area contributed by atoms with Gasteiger partial charge < -0.3 is 16.2 Å². The first-order valence-corrected chi connectivity index (χ1v) is 6.34. The van der Waals surface area contributed by atoms with E-state index in [9.17, 15) is 4.79 Å². The predicted molar refractivity (Wildman–Crippen MR) is 63.9 cm³/mol. The van der Waals surface area contributed by atoms with Crippen LogP contribution >= 0.6 is 0 Å². The molecule has 0 bridgehead atoms. The van der Waals surface area contributed by atoms with Crippen LogP contribution < -0.4 is 11.1 Å². The van der Waals surface area contributed by atoms with Crippen molar-refractivity contribution in [2.75, 3.05) is 19.7 Å². The molecule has 0 saturated heterocycles. The van der Waals surface area contributed by atoms with Crippen molar-refractivity contribution < 1.29 is 9.90 Å². The van der Waals surface area contributed by atoms with Crippen LogP contribution in [0.15, 0.2) is 0 Å². The lowest BCUT2D eigenvalue weighted by atomic mass is 9.68. The monoisotopic (exact) mass is 228 g/mol. The summed E-state index contributed by atoms with van der Waals surface area (Å²) in [5.74, 6) is 0.142. The summed E-state index contributed by atoms with van der Waals surface area (Å²) in [4.78, 5) is 11.8. The van der Waals surface area contributed by atoms with E-state index in [2.05, 4.69) is 5.32 Å². The summed E-state index contributed by atoms with van der Waals surface area (Å²) in [6.07, 6.45) is 6.97. The SMILES string of the molecule is NCC1(C(=O)NCCCCCCO)CCC1. The normalized spacial score (nSPS) is 17.9. The molecule has 1 fully saturated rings. The van der Waals surface area contributed by atoms with Crippen LogP contribution in [0.3, 0.4) is 0 Å². The number of aliphatic hydroxyl groups is 1. The van der Waals surface area contributed by atoms with Crippen molar-refractivity contribution in [1.82, 2.24) is 5.32 Å². The number of nitrogens with one attached hydrogen (secondary N) is 1. The summed E-state index contributed by atoms with van der Waals surface area (Å²) in [6, 6.07) is 0. The molecule has 4 heteroatoms. The zero-order chi connectivity index (χ0) is 11.9. The van der Waals surface area contributed by atoms with E-state index < -0.39 is 0 Å². The number of nitrogens with two attached hydrogens (primary N) is 1. The molecule has 4 N–H and O–H groups in total. The molecule has 0 atom stereocenters. The maximum absolute atomic E-state index is 11.8. The molecule has 1 amide bonds. The number of rotatable bonds is 8. The number of hydrogen-bond donors (Lipinski definition) is 3. The Labute approximate surface area is 97.6 Å². The zero-order valence-electron chi connectivity index (χ0n) is 10.0. The molecule has 0 unspecified atom stereocenters. The van der Waals surface area contributed by atoms with Gasteiger partial charge in [-0.3, -0.25) is 4.79 Å². The van der Waals surface area contributed by atoms with E-state index in [0.29, 0.717) is 6.54 Å². The minimum atomic E-state index is -0.245. The molecule has 0 spiro atoms. The number of carbonyl (C=O) groups excluding carboxylic acids is 1. The number of aliphatic hydroxyl groups excluding tert-OH is 1. The average molecular weight is 228 g/mol. The first kappa shape index (κ1) is 13.5. The van der Waals surface area contributed by atoms with E-state index in [-0.39, 0.29) is 17.9 Å². The molecule has 16 heavy (non-hydrogen) atoms. The molecule has 4 nitrogen and oxygen atoms in total. The summed E-state index contributed by atoms with van der Waals surface area (Å²) >= 11 is 0. The lowest BCUT2D eigenvalue weighted by Gasteiger charge is -2.39. The van der Waals surface area contributed by atoms with E-state index >= 15 is 0 Å². The Kier molecular flexibility index (Phi) is 5.77. The molecule has 1 aliphatic carbocycles. The van der Waals surface area contributed by atoms with Crippen LogP contribution in [0.2, 0.25) is 0 Å². The Balaban J connectivity index is 2.06. The smallest absolute Gasteiger partial charge is 0.227 e. The third-order valence-corrected chi connectivity index (χ3v) is 3.55. The van der Waals surface area contributed by atoms with Crippen molar-refractivity contribution in [1.29, 1.82) is 0 Å². The molecule has 0 aromatic rings. The Hall–Kier alpha value is -0.610. The van der Waals surface area contributed by atoms with Crippen molar-refractivity contribution in [3.05, 3.63) is 0 Å². The number of unbranched alkanes of at least 4 members (excludes halogenated alkanes) is 3. The van der Waals surface area contributed by atoms with Crippen LogP contribution in [0.25, 0.3) is 0 Å². The lowest BCUT2D eigenvalue weighted by molar-refractivity contribution is -0.135. The molecule has 0 aliphatic heterocycles. The maximum atomic E-state index is 11.8. The van der Waals surface area contributed by atoms with Crippen LogP contribution in [-0.2, 0) is 4.79 Å². The molecule has 1 rings (SSSR count). The zero-order valence-corrected chi connectivity index (χ0v) is 10.0. The highest BCUT2D eigenvalue weighted by atomic mass is 16.2. The first-order chi connectivity index (χ1) is 7.75. The summed E-state index contributed by atoms with van der Waals surface area (Å²) in [5, 5.41) is 11.6. The topological polar surface area (TPSA) is 75.4 Å². The highest BCUT2D eigenvalue weighted by Gasteiger charge is 2.42. The van der Waals surface area contributed by atoms with Crippen molar-refractivity contribution in [2.45, 2.75) is 44.9 Å². The Bertz CT molecular complexity index is 210. The van der Waals surface area contributed by atoms with Crippen molar-refractivity contribution >= 4 is 5.91 Å². The minimum absolute atomic E-state index is 0.142. The molecular weight excluding hydrogens is 204 g/mol. The van der Waals surface area contributed by atoms with Gasteiger partial charge in [-0.05, 0) is 25.7 Å². The fraction of sp³-hybridized carbons (Fsp3) is 0.917. The summed E-state index contributed by atoms with van der Waals surface area (Å²) in [5.41, 5.74) is 5.41. The fourth-order valence-electron chi connectivity index (χ4n) is 2.11. The van der Waals surface area contributed by atoms with Gasteiger partial charge in [-0.25, -0.2) is 0 Å². The summed E-state index contributed by atoms with van der Waals surface area (Å²) < 4.78 is 0. The van der Waals surface area contributed by atoms with E-state index in [1.807, 2.05) is 0 Å². The van der Waals surface area contributed by atoms with Gasteiger partial charge in [0.2, 0.25) is 5.91 Å². The highest BCUT2D eigenvalue weighted by molar-refractivity contribution is 5.83. The molecule has 0 aromatic carbocycles. The lowest BCUT2D eigenvalue weighted by Crippen LogP contribution is -2.50. The largest absolute Gasteiger partial charge is 0.396 e. The number of amides is 1. The minimum Gasteiger partial charge on any atom is -0.396 e. The van der Waals surface area contributed by atoms with Gasteiger partial charge in [-0.1, -0.05) is 19.3 Å². The number of hydrogen-bond acceptors (Lipinski definition) is 3. The summed E-state index contributed by atoms with van der Waals surface area (Å²) in [6.45, 7) is 1.48. The molecule has 1 saturated carbocycles. The van der Waals surface area contributed by atoms with Crippen LogP contribution in [0.1, 0.15) is 44.9 Å². The van der Waals surface area contributed by atoms with Crippen LogP contribution in [0.5, 0.6) is 0 Å². The fourth-order valence-corrected chi connectivity index (χ4v) is 2.11. The second-order valence-corrected chi connectivity index (χ2v) is 4.73. The van der Waals surface area contributed by atoms with Crippen molar-refractivity contribution in [3.8, 4) is 0 Å². The summed E-state index contributed by atoms with van der Waals surface area (Å²) in [7, 11) is 0. The highest BCUT2D eigenvalue weighted by Crippen LogP contribution is 2.39. The molecule has 0 heterocycles. The van der Waals surface area contributed by atoms with Crippen molar-refractivity contribution in [3.63, 3.8) is 0 Å². The Morgan fingerprint density at radius 1 is 1.25 bits per heavy atom. The van der Waals surface area contributed by atoms with E-state index in [1.165, 1.54) is 0 Å². The van der Waals surface area contributed by atoms with Gasteiger partial charge in [-0.2, -0.15) is 0 Å². The van der Waals surface area contributed by atoms with Gasteiger partial charge in [0, 0.05) is 19.7 Å². The molecule has 0 aromatic heterocycles. The van der Waals surface area contributed by atoms with E-state index in [4.69, 9.17) is 10.8 Å². The van der Waals surface area contributed by atoms with E-state index in [1.54, 1.807) is 0 Å². The van der Waals surface area contributed by atoms with Crippen LogP contribution in [-0.4, -0.2) is 30.7 Å². The standard InChI is InChI=1S/C12H24N2O2/c13-10-12(6-5-7-12)11(16)14-8-3-1-2-4-9-15/h15H,1-10,13H2,(H,14,16). The van der Waals surface area contributed by atoms with E-state index in [0.717, 1.165) is 51.5 Å². The first-order valence-electron chi connectivity index (χ1n) is 6.34. The molecule has 1 aliphatic rings. The van der Waals surface area contributed by atoms with Gasteiger partial charge in [0.25, 0.3) is 0 Å². The average Bonchev–Trinajstić information content (AvgIpc) is 2.22. The predicted octanol–water partition coefficient (Wildman–Crippen LogP) is 0.784. The Morgan fingerprint density at radius 3 is 2.44 bits per heavy atom. The third-order valence-electron chi connectivity index (χ3n) is 3.55. The van der Waals surface area contributed by atoms with Crippen LogP contribution in [0, 0.1) is 5.41 Å². The van der Waals surface area contributed by atoms with Crippen LogP contribution in [0.4, 0.5) is 0 Å².